The van der Waals surface area contributed by atoms with E-state index < -0.39 is 4.92 Å². The third-order valence-electron chi connectivity index (χ3n) is 3.85. The van der Waals surface area contributed by atoms with Crippen molar-refractivity contribution < 1.29 is 9.72 Å². The second kappa shape index (κ2) is 5.76. The fourth-order valence-electron chi connectivity index (χ4n) is 2.83. The van der Waals surface area contributed by atoms with E-state index in [0.717, 1.165) is 26.2 Å². The molecule has 2 aliphatic heterocycles. The third-order valence-corrected chi connectivity index (χ3v) is 3.85. The lowest BCUT2D eigenvalue weighted by atomic mass is 10.0. The third kappa shape index (κ3) is 2.75. The van der Waals surface area contributed by atoms with Gasteiger partial charge < -0.3 is 20.3 Å². The van der Waals surface area contributed by atoms with E-state index in [4.69, 9.17) is 0 Å². The highest BCUT2D eigenvalue weighted by Gasteiger charge is 2.38. The van der Waals surface area contributed by atoms with E-state index >= 15 is 0 Å². The normalized spacial score (nSPS) is 24.3. The van der Waals surface area contributed by atoms with Gasteiger partial charge in [-0.2, -0.15) is 4.68 Å². The number of nitrogens with one attached hydrogen (secondary N) is 1. The minimum atomic E-state index is -0.563. The van der Waals surface area contributed by atoms with Crippen LogP contribution in [-0.2, 0) is 11.3 Å². The molecule has 0 bridgehead atoms. The first-order valence-electron chi connectivity index (χ1n) is 6.30. The Bertz CT molecular complexity index is 508. The van der Waals surface area contributed by atoms with Gasteiger partial charge in [0.2, 0.25) is 5.91 Å². The van der Waals surface area contributed by atoms with E-state index in [1.807, 2.05) is 4.90 Å². The molecule has 8 nitrogen and oxygen atoms in total. The van der Waals surface area contributed by atoms with Crippen molar-refractivity contribution in [1.82, 2.24) is 20.0 Å². The van der Waals surface area contributed by atoms with Gasteiger partial charge in [0.05, 0.1) is 17.4 Å². The number of halogens is 1. The van der Waals surface area contributed by atoms with Crippen molar-refractivity contribution in [3.8, 4) is 0 Å². The predicted molar refractivity (Wildman–Crippen MR) is 72.6 cm³/mol. The molecule has 2 fully saturated rings. The van der Waals surface area contributed by atoms with Crippen molar-refractivity contribution in [2.24, 2.45) is 11.8 Å². The van der Waals surface area contributed by atoms with Crippen molar-refractivity contribution in [2.45, 2.75) is 6.54 Å². The summed E-state index contributed by atoms with van der Waals surface area (Å²) in [5.74, 6) is 0.856. The van der Waals surface area contributed by atoms with Crippen LogP contribution in [0.2, 0.25) is 0 Å². The number of rotatable bonds is 3. The highest BCUT2D eigenvalue weighted by atomic mass is 35.5. The Morgan fingerprint density at radius 3 is 2.65 bits per heavy atom. The van der Waals surface area contributed by atoms with Crippen LogP contribution in [0.4, 0.5) is 5.82 Å². The molecule has 0 unspecified atom stereocenters. The van der Waals surface area contributed by atoms with Crippen LogP contribution in [-0.4, -0.2) is 51.7 Å². The number of amides is 1. The van der Waals surface area contributed by atoms with Crippen LogP contribution in [0.1, 0.15) is 0 Å². The maximum atomic E-state index is 12.1. The lowest BCUT2D eigenvalue weighted by Crippen LogP contribution is -2.34. The fraction of sp³-hybridized carbons (Fsp3) is 0.636. The molecule has 0 aliphatic carbocycles. The van der Waals surface area contributed by atoms with Crippen LogP contribution in [0, 0.1) is 22.0 Å². The monoisotopic (exact) mass is 301 g/mol. The Hall–Kier alpha value is -1.67. The average molecular weight is 302 g/mol. The van der Waals surface area contributed by atoms with Crippen molar-refractivity contribution in [3.63, 3.8) is 0 Å². The van der Waals surface area contributed by atoms with E-state index in [9.17, 15) is 14.9 Å². The van der Waals surface area contributed by atoms with Gasteiger partial charge >= 0.3 is 5.82 Å². The van der Waals surface area contributed by atoms with Crippen LogP contribution in [0.25, 0.3) is 0 Å². The van der Waals surface area contributed by atoms with E-state index in [1.54, 1.807) is 0 Å². The number of fused-ring (bicyclic) bond motifs is 1. The number of nitrogens with zero attached hydrogens (tertiary/aromatic N) is 4. The molecule has 9 heteroatoms. The first-order chi connectivity index (χ1) is 9.13. The van der Waals surface area contributed by atoms with Gasteiger partial charge in [0, 0.05) is 26.2 Å². The van der Waals surface area contributed by atoms with Gasteiger partial charge in [-0.1, -0.05) is 0 Å². The molecule has 1 amide bonds. The molecule has 0 radical (unpaired) electrons. The molecule has 110 valence electrons. The zero-order chi connectivity index (χ0) is 13.4. The van der Waals surface area contributed by atoms with Crippen LogP contribution in [0.15, 0.2) is 12.3 Å². The largest absolute Gasteiger partial charge is 0.389 e. The van der Waals surface area contributed by atoms with Gasteiger partial charge in [-0.25, -0.2) is 0 Å². The number of carbonyl (C=O) groups excluding carboxylic acids is 1. The van der Waals surface area contributed by atoms with Crippen LogP contribution >= 0.6 is 12.4 Å². The quantitative estimate of drug-likeness (QED) is 0.621. The molecule has 3 rings (SSSR count). The standard InChI is InChI=1S/C11H15N5O3.ClH/c17-11(7-15-2-1-10(13-15)16(18)19)14-5-8-3-12-4-9(8)6-14;/h1-2,8-9,12H,3-7H2;1H/t8-,9+;. The van der Waals surface area contributed by atoms with Crippen molar-refractivity contribution in [3.05, 3.63) is 22.4 Å². The number of aromatic nitrogens is 2. The van der Waals surface area contributed by atoms with E-state index in [2.05, 4.69) is 10.4 Å². The van der Waals surface area contributed by atoms with Crippen molar-refractivity contribution in [1.29, 1.82) is 0 Å². The number of hydrogen-bond donors (Lipinski definition) is 1. The van der Waals surface area contributed by atoms with Crippen LogP contribution in [0.5, 0.6) is 0 Å². The summed E-state index contributed by atoms with van der Waals surface area (Å²) in [5.41, 5.74) is 0. The molecule has 0 aromatic carbocycles. The van der Waals surface area contributed by atoms with Crippen LogP contribution < -0.4 is 5.32 Å². The summed E-state index contributed by atoms with van der Waals surface area (Å²) in [6, 6.07) is 1.30. The Kier molecular flexibility index (Phi) is 4.24. The van der Waals surface area contributed by atoms with Gasteiger partial charge in [-0.15, -0.1) is 12.4 Å². The highest BCUT2D eigenvalue weighted by molar-refractivity contribution is 5.85. The summed E-state index contributed by atoms with van der Waals surface area (Å²) in [6.45, 7) is 3.57. The summed E-state index contributed by atoms with van der Waals surface area (Å²) >= 11 is 0. The van der Waals surface area contributed by atoms with Gasteiger partial charge in [0.1, 0.15) is 6.54 Å². The first kappa shape index (κ1) is 14.7. The molecular formula is C11H16ClN5O3. The summed E-state index contributed by atoms with van der Waals surface area (Å²) < 4.78 is 1.33. The Morgan fingerprint density at radius 1 is 1.45 bits per heavy atom. The molecule has 1 aromatic heterocycles. The maximum Gasteiger partial charge on any atom is 0.389 e. The van der Waals surface area contributed by atoms with Crippen LogP contribution in [0.3, 0.4) is 0 Å². The van der Waals surface area contributed by atoms with E-state index in [0.29, 0.717) is 11.8 Å². The molecule has 3 heterocycles. The summed E-state index contributed by atoms with van der Waals surface area (Å²) in [7, 11) is 0. The number of nitro groups is 1. The molecule has 0 spiro atoms. The smallest absolute Gasteiger partial charge is 0.358 e. The zero-order valence-corrected chi connectivity index (χ0v) is 11.6. The molecule has 2 atom stereocenters. The topological polar surface area (TPSA) is 93.3 Å². The molecule has 2 aliphatic rings. The molecule has 0 saturated carbocycles. The fourth-order valence-corrected chi connectivity index (χ4v) is 2.83. The van der Waals surface area contributed by atoms with Crippen molar-refractivity contribution in [2.75, 3.05) is 26.2 Å². The molecule has 20 heavy (non-hydrogen) atoms. The highest BCUT2D eigenvalue weighted by Crippen LogP contribution is 2.26. The Morgan fingerprint density at radius 2 is 2.10 bits per heavy atom. The van der Waals surface area contributed by atoms with Gasteiger partial charge in [-0.3, -0.25) is 4.79 Å². The maximum absolute atomic E-state index is 12.1. The Balaban J connectivity index is 0.00000147. The zero-order valence-electron chi connectivity index (χ0n) is 10.8. The lowest BCUT2D eigenvalue weighted by Gasteiger charge is -2.16. The second-order valence-electron chi connectivity index (χ2n) is 5.11. The number of hydrogen-bond acceptors (Lipinski definition) is 5. The van der Waals surface area contributed by atoms with Gasteiger partial charge in [0.25, 0.3) is 0 Å². The van der Waals surface area contributed by atoms with Gasteiger partial charge in [-0.05, 0) is 16.8 Å². The Labute approximate surface area is 121 Å². The van der Waals surface area contributed by atoms with E-state index in [-0.39, 0.29) is 30.7 Å². The average Bonchev–Trinajstić information content (AvgIpc) is 3.02. The minimum absolute atomic E-state index is 0. The molecule has 2 saturated heterocycles. The summed E-state index contributed by atoms with van der Waals surface area (Å²) in [4.78, 5) is 23.9. The number of carbonyl (C=O) groups is 1. The number of likely N-dealkylation sites (tertiary alicyclic amines) is 1. The van der Waals surface area contributed by atoms with Gasteiger partial charge in [0.15, 0.2) is 0 Å². The second-order valence-corrected chi connectivity index (χ2v) is 5.11. The molecular weight excluding hydrogens is 286 g/mol. The molecule has 1 N–H and O–H groups in total. The first-order valence-corrected chi connectivity index (χ1v) is 6.30. The molecule has 1 aromatic rings. The SMILES string of the molecule is Cl.O=C(Cn1ccc([N+](=O)[O-])n1)N1C[C@H]2CNC[C@H]2C1. The van der Waals surface area contributed by atoms with Crippen molar-refractivity contribution >= 4 is 24.1 Å². The minimum Gasteiger partial charge on any atom is -0.358 e. The predicted octanol–water partition coefficient (Wildman–Crippen LogP) is -0.109. The van der Waals surface area contributed by atoms with E-state index in [1.165, 1.54) is 16.9 Å². The summed E-state index contributed by atoms with van der Waals surface area (Å²) in [5, 5.41) is 17.6. The lowest BCUT2D eigenvalue weighted by molar-refractivity contribution is -0.389. The summed E-state index contributed by atoms with van der Waals surface area (Å²) in [6.07, 6.45) is 1.47.